The van der Waals surface area contributed by atoms with Crippen LogP contribution in [0.1, 0.15) is 34.6 Å². The summed E-state index contributed by atoms with van der Waals surface area (Å²) >= 11 is 0. The fraction of sp³-hybridized carbons (Fsp3) is 1.00. The van der Waals surface area contributed by atoms with Crippen LogP contribution in [0, 0.1) is 5.41 Å². The Morgan fingerprint density at radius 2 is 1.87 bits per heavy atom. The van der Waals surface area contributed by atoms with Crippen LogP contribution < -0.4 is 0 Å². The number of nitrogens with zero attached hydrogens (tertiary/aromatic N) is 1. The number of likely N-dealkylation sites (N-methyl/N-ethyl adjacent to an activating group) is 1. The van der Waals surface area contributed by atoms with E-state index >= 15 is 0 Å². The molecule has 0 amide bonds. The topological polar surface area (TPSA) is 32.7 Å². The van der Waals surface area contributed by atoms with Crippen LogP contribution in [0.25, 0.3) is 0 Å². The van der Waals surface area contributed by atoms with Crippen molar-refractivity contribution >= 4 is 0 Å². The molecule has 0 aromatic carbocycles. The number of ether oxygens (including phenoxy) is 1. The summed E-state index contributed by atoms with van der Waals surface area (Å²) in [5.41, 5.74) is -0.0714. The van der Waals surface area contributed by atoms with E-state index in [9.17, 15) is 5.11 Å². The summed E-state index contributed by atoms with van der Waals surface area (Å²) in [7, 11) is 1.73. The van der Waals surface area contributed by atoms with E-state index in [4.69, 9.17) is 4.74 Å². The van der Waals surface area contributed by atoms with Crippen molar-refractivity contribution in [2.75, 3.05) is 26.8 Å². The SMILES string of the molecule is CCN(CC(C)(C)C(C)O)C(C)COC. The van der Waals surface area contributed by atoms with Crippen LogP contribution in [0.15, 0.2) is 0 Å². The highest BCUT2D eigenvalue weighted by Gasteiger charge is 2.28. The van der Waals surface area contributed by atoms with Gasteiger partial charge in [-0.2, -0.15) is 0 Å². The van der Waals surface area contributed by atoms with Crippen LogP contribution >= 0.6 is 0 Å². The van der Waals surface area contributed by atoms with Crippen LogP contribution in [-0.4, -0.2) is 49.0 Å². The van der Waals surface area contributed by atoms with Gasteiger partial charge in [-0.1, -0.05) is 20.8 Å². The van der Waals surface area contributed by atoms with E-state index < -0.39 is 0 Å². The third-order valence-electron chi connectivity index (χ3n) is 3.18. The summed E-state index contributed by atoms with van der Waals surface area (Å²) in [6, 6.07) is 0.401. The van der Waals surface area contributed by atoms with E-state index in [2.05, 4.69) is 32.6 Å². The zero-order valence-electron chi connectivity index (χ0n) is 11.1. The first kappa shape index (κ1) is 14.9. The quantitative estimate of drug-likeness (QED) is 0.705. The van der Waals surface area contributed by atoms with E-state index in [0.717, 1.165) is 19.7 Å². The monoisotopic (exact) mass is 217 g/mol. The number of hydrogen-bond donors (Lipinski definition) is 1. The molecule has 3 heteroatoms. The second kappa shape index (κ2) is 6.46. The molecule has 15 heavy (non-hydrogen) atoms. The van der Waals surface area contributed by atoms with E-state index in [1.54, 1.807) is 7.11 Å². The fourth-order valence-electron chi connectivity index (χ4n) is 1.58. The highest BCUT2D eigenvalue weighted by atomic mass is 16.5. The number of rotatable bonds is 7. The zero-order chi connectivity index (χ0) is 12.1. The maximum Gasteiger partial charge on any atom is 0.0615 e. The lowest BCUT2D eigenvalue weighted by molar-refractivity contribution is 0.0124. The van der Waals surface area contributed by atoms with E-state index in [-0.39, 0.29) is 11.5 Å². The average Bonchev–Trinajstić information content (AvgIpc) is 2.14. The van der Waals surface area contributed by atoms with Crippen molar-refractivity contribution in [1.82, 2.24) is 4.90 Å². The number of aliphatic hydroxyl groups excluding tert-OH is 1. The lowest BCUT2D eigenvalue weighted by Crippen LogP contribution is -2.45. The lowest BCUT2D eigenvalue weighted by Gasteiger charge is -2.37. The molecule has 92 valence electrons. The van der Waals surface area contributed by atoms with Gasteiger partial charge in [-0.3, -0.25) is 4.90 Å². The van der Waals surface area contributed by atoms with Gasteiger partial charge in [-0.25, -0.2) is 0 Å². The molecule has 0 aliphatic heterocycles. The van der Waals surface area contributed by atoms with Gasteiger partial charge < -0.3 is 9.84 Å². The molecular formula is C12H27NO2. The normalized spacial score (nSPS) is 16.8. The van der Waals surface area contributed by atoms with Gasteiger partial charge in [0, 0.05) is 25.1 Å². The van der Waals surface area contributed by atoms with Crippen LogP contribution in [0.5, 0.6) is 0 Å². The highest BCUT2D eigenvalue weighted by Crippen LogP contribution is 2.22. The molecule has 0 aliphatic rings. The van der Waals surface area contributed by atoms with Crippen LogP contribution in [0.3, 0.4) is 0 Å². The predicted octanol–water partition coefficient (Wildman–Crippen LogP) is 1.75. The van der Waals surface area contributed by atoms with Crippen molar-refractivity contribution in [2.24, 2.45) is 5.41 Å². The van der Waals surface area contributed by atoms with Gasteiger partial charge in [0.15, 0.2) is 0 Å². The summed E-state index contributed by atoms with van der Waals surface area (Å²) in [4.78, 5) is 2.34. The van der Waals surface area contributed by atoms with Crippen LogP contribution in [-0.2, 0) is 4.74 Å². The number of aliphatic hydroxyl groups is 1. The minimum atomic E-state index is -0.290. The Kier molecular flexibility index (Phi) is 6.41. The first-order valence-electron chi connectivity index (χ1n) is 5.76. The molecule has 0 fully saturated rings. The summed E-state index contributed by atoms with van der Waals surface area (Å²) in [6.45, 7) is 13.0. The molecule has 0 spiro atoms. The van der Waals surface area contributed by atoms with Crippen molar-refractivity contribution in [3.05, 3.63) is 0 Å². The van der Waals surface area contributed by atoms with Crippen molar-refractivity contribution in [1.29, 1.82) is 0 Å². The molecule has 3 nitrogen and oxygen atoms in total. The Bertz CT molecular complexity index is 169. The maximum absolute atomic E-state index is 9.68. The number of hydrogen-bond acceptors (Lipinski definition) is 3. The zero-order valence-corrected chi connectivity index (χ0v) is 11.1. The van der Waals surface area contributed by atoms with Gasteiger partial charge in [0.25, 0.3) is 0 Å². The first-order valence-corrected chi connectivity index (χ1v) is 5.76. The van der Waals surface area contributed by atoms with Crippen LogP contribution in [0.2, 0.25) is 0 Å². The Morgan fingerprint density at radius 1 is 1.33 bits per heavy atom. The van der Waals surface area contributed by atoms with Gasteiger partial charge in [-0.15, -0.1) is 0 Å². The molecule has 0 radical (unpaired) electrons. The van der Waals surface area contributed by atoms with Gasteiger partial charge in [-0.05, 0) is 20.4 Å². The third kappa shape index (κ3) is 4.96. The number of methoxy groups -OCH3 is 1. The first-order chi connectivity index (χ1) is 6.85. The molecule has 1 N–H and O–H groups in total. The predicted molar refractivity (Wildman–Crippen MR) is 64.0 cm³/mol. The Morgan fingerprint density at radius 3 is 2.20 bits per heavy atom. The van der Waals surface area contributed by atoms with E-state index in [0.29, 0.717) is 6.04 Å². The second-order valence-corrected chi connectivity index (χ2v) is 5.03. The molecule has 0 rings (SSSR count). The lowest BCUT2D eigenvalue weighted by atomic mass is 9.86. The molecule has 0 saturated heterocycles. The van der Waals surface area contributed by atoms with E-state index in [1.165, 1.54) is 0 Å². The Labute approximate surface area is 94.4 Å². The van der Waals surface area contributed by atoms with Gasteiger partial charge in [0.05, 0.1) is 12.7 Å². The van der Waals surface area contributed by atoms with Crippen molar-refractivity contribution < 1.29 is 9.84 Å². The van der Waals surface area contributed by atoms with Gasteiger partial charge in [0.2, 0.25) is 0 Å². The molecule has 0 aromatic heterocycles. The minimum Gasteiger partial charge on any atom is -0.393 e. The van der Waals surface area contributed by atoms with E-state index in [1.807, 2.05) is 6.92 Å². The molecule has 0 saturated carbocycles. The largest absolute Gasteiger partial charge is 0.393 e. The molecule has 0 bridgehead atoms. The average molecular weight is 217 g/mol. The van der Waals surface area contributed by atoms with Crippen molar-refractivity contribution in [2.45, 2.75) is 46.8 Å². The third-order valence-corrected chi connectivity index (χ3v) is 3.18. The van der Waals surface area contributed by atoms with Gasteiger partial charge >= 0.3 is 0 Å². The Hall–Kier alpha value is -0.120. The molecule has 0 aromatic rings. The summed E-state index contributed by atoms with van der Waals surface area (Å²) in [5, 5.41) is 9.68. The fourth-order valence-corrected chi connectivity index (χ4v) is 1.58. The molecule has 0 aliphatic carbocycles. The molecular weight excluding hydrogens is 190 g/mol. The summed E-state index contributed by atoms with van der Waals surface area (Å²) < 4.78 is 5.16. The smallest absolute Gasteiger partial charge is 0.0615 e. The Balaban J connectivity index is 4.31. The molecule has 0 heterocycles. The second-order valence-electron chi connectivity index (χ2n) is 5.03. The standard InChI is InChI=1S/C12H27NO2/c1-7-13(10(2)8-15-6)9-12(4,5)11(3)14/h10-11,14H,7-9H2,1-6H3. The van der Waals surface area contributed by atoms with Crippen molar-refractivity contribution in [3.63, 3.8) is 0 Å². The highest BCUT2D eigenvalue weighted by molar-refractivity contribution is 4.80. The van der Waals surface area contributed by atoms with Crippen LogP contribution in [0.4, 0.5) is 0 Å². The molecule has 2 atom stereocenters. The summed E-state index contributed by atoms with van der Waals surface area (Å²) in [5.74, 6) is 0. The minimum absolute atomic E-state index is 0.0714. The van der Waals surface area contributed by atoms with Crippen molar-refractivity contribution in [3.8, 4) is 0 Å². The molecule has 2 unspecified atom stereocenters. The van der Waals surface area contributed by atoms with Gasteiger partial charge in [0.1, 0.15) is 0 Å². The summed E-state index contributed by atoms with van der Waals surface area (Å²) in [6.07, 6.45) is -0.290. The maximum atomic E-state index is 9.68.